The highest BCUT2D eigenvalue weighted by Gasteiger charge is 2.55. The Labute approximate surface area is 186 Å². The van der Waals surface area contributed by atoms with E-state index in [2.05, 4.69) is 4.98 Å². The van der Waals surface area contributed by atoms with Crippen molar-refractivity contribution in [1.29, 1.82) is 0 Å². The monoisotopic (exact) mass is 467 g/mol. The lowest BCUT2D eigenvalue weighted by atomic mass is 9.85. The van der Waals surface area contributed by atoms with Gasteiger partial charge in [0.05, 0.1) is 12.7 Å². The Morgan fingerprint density at radius 2 is 1.94 bits per heavy atom. The van der Waals surface area contributed by atoms with Gasteiger partial charge in [0.1, 0.15) is 18.1 Å². The third kappa shape index (κ3) is 4.46. The van der Waals surface area contributed by atoms with Crippen molar-refractivity contribution in [2.45, 2.75) is 24.6 Å². The molecule has 1 aromatic heterocycles. The number of aromatic nitrogens is 1. The van der Waals surface area contributed by atoms with E-state index >= 15 is 0 Å². The number of hydrogen-bond acceptors (Lipinski definition) is 7. The SMILES string of the molecule is COCC(=O)N1C(=O)CCC1(C(N)=O)c1cc(Oc2cc(C(F)(F)F)ccn2)ccc1OC. The second-order valence-electron chi connectivity index (χ2n) is 7.13. The molecular formula is C21H20F3N3O6. The summed E-state index contributed by atoms with van der Waals surface area (Å²) in [5.41, 5.74) is 2.86. The van der Waals surface area contributed by atoms with Gasteiger partial charge in [-0.1, -0.05) is 0 Å². The van der Waals surface area contributed by atoms with Gasteiger partial charge in [-0.2, -0.15) is 13.2 Å². The van der Waals surface area contributed by atoms with Crippen LogP contribution in [0.15, 0.2) is 36.5 Å². The minimum absolute atomic E-state index is 0.0169. The lowest BCUT2D eigenvalue weighted by Crippen LogP contribution is -2.55. The van der Waals surface area contributed by atoms with Crippen molar-refractivity contribution < 1.29 is 41.8 Å². The third-order valence-corrected chi connectivity index (χ3v) is 5.16. The van der Waals surface area contributed by atoms with Crippen LogP contribution in [-0.4, -0.2) is 48.4 Å². The standard InChI is InChI=1S/C21H20F3N3O6/c1-31-11-18(29)27-17(28)5-7-20(27,19(25)30)14-10-13(3-4-15(14)32-2)33-16-9-12(6-8-26-16)21(22,23)24/h3-4,6,8-10H,5,7,11H2,1-2H3,(H2,25,30). The van der Waals surface area contributed by atoms with E-state index in [1.165, 1.54) is 32.4 Å². The predicted molar refractivity (Wildman–Crippen MR) is 106 cm³/mol. The molecule has 0 spiro atoms. The fourth-order valence-corrected chi connectivity index (χ4v) is 3.72. The molecule has 176 valence electrons. The Hall–Kier alpha value is -3.67. The van der Waals surface area contributed by atoms with E-state index in [1.54, 1.807) is 0 Å². The molecule has 1 saturated heterocycles. The molecule has 1 unspecified atom stereocenters. The van der Waals surface area contributed by atoms with E-state index in [1.807, 2.05) is 0 Å². The number of primary amides is 1. The maximum atomic E-state index is 13.0. The van der Waals surface area contributed by atoms with Gasteiger partial charge in [-0.15, -0.1) is 0 Å². The summed E-state index contributed by atoms with van der Waals surface area (Å²) in [5, 5.41) is 0. The van der Waals surface area contributed by atoms with Crippen molar-refractivity contribution in [3.8, 4) is 17.4 Å². The molecule has 0 saturated carbocycles. The molecule has 2 heterocycles. The fourth-order valence-electron chi connectivity index (χ4n) is 3.72. The lowest BCUT2D eigenvalue weighted by molar-refractivity contribution is -0.155. The zero-order valence-corrected chi connectivity index (χ0v) is 17.6. The Kier molecular flexibility index (Phi) is 6.58. The zero-order valence-electron chi connectivity index (χ0n) is 17.6. The number of rotatable bonds is 7. The highest BCUT2D eigenvalue weighted by atomic mass is 19.4. The molecule has 9 nitrogen and oxygen atoms in total. The number of pyridine rings is 1. The summed E-state index contributed by atoms with van der Waals surface area (Å²) in [6.45, 7) is -0.479. The first kappa shape index (κ1) is 24.0. The summed E-state index contributed by atoms with van der Waals surface area (Å²) in [5.74, 6) is -2.68. The van der Waals surface area contributed by atoms with Crippen LogP contribution in [0.1, 0.15) is 24.0 Å². The Balaban J connectivity index is 2.10. The van der Waals surface area contributed by atoms with Crippen molar-refractivity contribution in [2.24, 2.45) is 5.73 Å². The summed E-state index contributed by atoms with van der Waals surface area (Å²) in [4.78, 5) is 42.4. The lowest BCUT2D eigenvalue weighted by Gasteiger charge is -2.35. The minimum Gasteiger partial charge on any atom is -0.496 e. The summed E-state index contributed by atoms with van der Waals surface area (Å²) >= 11 is 0. The molecule has 1 aliphatic rings. The van der Waals surface area contributed by atoms with Crippen LogP contribution in [0.2, 0.25) is 0 Å². The Morgan fingerprint density at radius 3 is 2.55 bits per heavy atom. The van der Waals surface area contributed by atoms with Gasteiger partial charge in [-0.3, -0.25) is 19.3 Å². The van der Waals surface area contributed by atoms with Gasteiger partial charge >= 0.3 is 6.18 Å². The number of amides is 3. The van der Waals surface area contributed by atoms with Crippen LogP contribution in [-0.2, 0) is 30.8 Å². The largest absolute Gasteiger partial charge is 0.496 e. The molecule has 1 atom stereocenters. The molecule has 2 N–H and O–H groups in total. The van der Waals surface area contributed by atoms with Crippen LogP contribution in [0.3, 0.4) is 0 Å². The van der Waals surface area contributed by atoms with Gasteiger partial charge in [0.25, 0.3) is 5.91 Å². The van der Waals surface area contributed by atoms with Crippen molar-refractivity contribution in [3.05, 3.63) is 47.7 Å². The molecule has 0 aliphatic carbocycles. The number of hydrogen-bond donors (Lipinski definition) is 1. The first-order valence-electron chi connectivity index (χ1n) is 9.59. The normalized spacial score (nSPS) is 18.3. The van der Waals surface area contributed by atoms with E-state index in [9.17, 15) is 27.6 Å². The highest BCUT2D eigenvalue weighted by Crippen LogP contribution is 2.45. The first-order valence-corrected chi connectivity index (χ1v) is 9.59. The summed E-state index contributed by atoms with van der Waals surface area (Å²) in [6.07, 6.45) is -3.94. The first-order chi connectivity index (χ1) is 15.5. The molecule has 3 rings (SSSR count). The van der Waals surface area contributed by atoms with Crippen LogP contribution >= 0.6 is 0 Å². The molecule has 1 aliphatic heterocycles. The predicted octanol–water partition coefficient (Wildman–Crippen LogP) is 2.38. The molecule has 1 aromatic carbocycles. The average Bonchev–Trinajstić information content (AvgIpc) is 3.11. The van der Waals surface area contributed by atoms with Crippen molar-refractivity contribution in [3.63, 3.8) is 0 Å². The zero-order chi connectivity index (χ0) is 24.4. The van der Waals surface area contributed by atoms with Crippen LogP contribution in [0.5, 0.6) is 17.4 Å². The van der Waals surface area contributed by atoms with Gasteiger partial charge in [-0.25, -0.2) is 4.98 Å². The van der Waals surface area contributed by atoms with Crippen molar-refractivity contribution in [1.82, 2.24) is 9.88 Å². The summed E-state index contributed by atoms with van der Waals surface area (Å²) in [6, 6.07) is 5.53. The quantitative estimate of drug-likeness (QED) is 0.664. The van der Waals surface area contributed by atoms with E-state index < -0.39 is 41.6 Å². The van der Waals surface area contributed by atoms with Gasteiger partial charge < -0.3 is 19.9 Å². The number of nitrogens with zero attached hydrogens (tertiary/aromatic N) is 2. The molecular weight excluding hydrogens is 447 g/mol. The van der Waals surface area contributed by atoms with Crippen LogP contribution < -0.4 is 15.2 Å². The van der Waals surface area contributed by atoms with Gasteiger partial charge in [0, 0.05) is 31.4 Å². The third-order valence-electron chi connectivity index (χ3n) is 5.16. The number of imide groups is 1. The molecule has 33 heavy (non-hydrogen) atoms. The molecule has 12 heteroatoms. The number of halogens is 3. The number of methoxy groups -OCH3 is 2. The van der Waals surface area contributed by atoms with E-state index in [4.69, 9.17) is 19.9 Å². The molecule has 0 radical (unpaired) electrons. The van der Waals surface area contributed by atoms with Gasteiger partial charge in [-0.05, 0) is 30.7 Å². The average molecular weight is 467 g/mol. The molecule has 3 amide bonds. The number of carbonyl (C=O) groups excluding carboxylic acids is 3. The number of ether oxygens (including phenoxy) is 3. The highest BCUT2D eigenvalue weighted by molar-refractivity contribution is 6.06. The minimum atomic E-state index is -4.60. The smallest absolute Gasteiger partial charge is 0.416 e. The summed E-state index contributed by atoms with van der Waals surface area (Å²) < 4.78 is 54.6. The molecule has 2 aromatic rings. The number of nitrogens with two attached hydrogens (primary N) is 1. The molecule has 1 fully saturated rings. The Morgan fingerprint density at radius 1 is 1.21 bits per heavy atom. The van der Waals surface area contributed by atoms with Crippen LogP contribution in [0.25, 0.3) is 0 Å². The number of alkyl halides is 3. The second kappa shape index (κ2) is 9.06. The van der Waals surface area contributed by atoms with Gasteiger partial charge in [0.2, 0.25) is 17.7 Å². The maximum Gasteiger partial charge on any atom is 0.416 e. The second-order valence-corrected chi connectivity index (χ2v) is 7.13. The number of carbonyl (C=O) groups is 3. The number of benzene rings is 1. The van der Waals surface area contributed by atoms with Crippen LogP contribution in [0, 0.1) is 0 Å². The van der Waals surface area contributed by atoms with Crippen molar-refractivity contribution >= 4 is 17.7 Å². The topological polar surface area (TPSA) is 121 Å². The van der Waals surface area contributed by atoms with Crippen LogP contribution in [0.4, 0.5) is 13.2 Å². The summed E-state index contributed by atoms with van der Waals surface area (Å²) in [7, 11) is 2.56. The molecule has 0 bridgehead atoms. The van der Waals surface area contributed by atoms with E-state index in [0.717, 1.165) is 17.2 Å². The number of likely N-dealkylation sites (tertiary alicyclic amines) is 1. The van der Waals surface area contributed by atoms with Gasteiger partial charge in [0.15, 0.2) is 5.54 Å². The maximum absolute atomic E-state index is 13.0. The Bertz CT molecular complexity index is 1090. The van der Waals surface area contributed by atoms with E-state index in [0.29, 0.717) is 6.07 Å². The van der Waals surface area contributed by atoms with Crippen molar-refractivity contribution in [2.75, 3.05) is 20.8 Å². The fraction of sp³-hybridized carbons (Fsp3) is 0.333. The van der Waals surface area contributed by atoms with E-state index in [-0.39, 0.29) is 35.8 Å².